The van der Waals surface area contributed by atoms with Gasteiger partial charge in [0.15, 0.2) is 11.5 Å². The van der Waals surface area contributed by atoms with Gasteiger partial charge in [0, 0.05) is 5.56 Å². The van der Waals surface area contributed by atoms with Gasteiger partial charge >= 0.3 is 0 Å². The zero-order chi connectivity index (χ0) is 20.6. The Balaban J connectivity index is 1.86. The summed E-state index contributed by atoms with van der Waals surface area (Å²) in [5, 5.41) is 9.45. The Morgan fingerprint density at radius 3 is 2.41 bits per heavy atom. The lowest BCUT2D eigenvalue weighted by Crippen LogP contribution is -2.00. The highest BCUT2D eigenvalue weighted by Crippen LogP contribution is 2.31. The van der Waals surface area contributed by atoms with E-state index < -0.39 is 5.82 Å². The third kappa shape index (κ3) is 5.20. The van der Waals surface area contributed by atoms with Crippen molar-refractivity contribution in [1.29, 1.82) is 5.26 Å². The minimum absolute atomic E-state index is 0.213. The van der Waals surface area contributed by atoms with Gasteiger partial charge in [-0.25, -0.2) is 8.78 Å². The zero-order valence-corrected chi connectivity index (χ0v) is 15.9. The van der Waals surface area contributed by atoms with Crippen LogP contribution in [0.2, 0.25) is 0 Å². The van der Waals surface area contributed by atoms with Crippen molar-refractivity contribution in [1.82, 2.24) is 0 Å². The second-order valence-electron chi connectivity index (χ2n) is 6.20. The van der Waals surface area contributed by atoms with Crippen molar-refractivity contribution in [2.45, 2.75) is 13.5 Å². The normalized spacial score (nSPS) is 11.0. The number of nitriles is 1. The average Bonchev–Trinajstić information content (AvgIpc) is 2.73. The zero-order valence-electron chi connectivity index (χ0n) is 15.9. The molecule has 0 aliphatic heterocycles. The topological polar surface area (TPSA) is 42.2 Å². The van der Waals surface area contributed by atoms with Crippen LogP contribution in [0.5, 0.6) is 11.5 Å². The van der Waals surface area contributed by atoms with Crippen LogP contribution in [0.1, 0.15) is 23.6 Å². The predicted octanol–water partition coefficient (Wildman–Crippen LogP) is 6.01. The van der Waals surface area contributed by atoms with Gasteiger partial charge in [-0.1, -0.05) is 36.4 Å². The third-order valence-corrected chi connectivity index (χ3v) is 4.17. The molecule has 5 heteroatoms. The maximum Gasteiger partial charge on any atom is 0.161 e. The van der Waals surface area contributed by atoms with Crippen LogP contribution in [0.15, 0.2) is 66.7 Å². The highest BCUT2D eigenvalue weighted by molar-refractivity contribution is 5.90. The summed E-state index contributed by atoms with van der Waals surface area (Å²) >= 11 is 0. The molecular weight excluding hydrogens is 372 g/mol. The molecule has 3 aromatic rings. The SMILES string of the molecule is CCOc1cc(C=C(C#N)c2ccccc2F)ccc1OCc1ccc(F)cc1. The first-order valence-electron chi connectivity index (χ1n) is 9.11. The second kappa shape index (κ2) is 9.52. The molecule has 0 radical (unpaired) electrons. The number of allylic oxidation sites excluding steroid dienone is 1. The van der Waals surface area contributed by atoms with Gasteiger partial charge < -0.3 is 9.47 Å². The van der Waals surface area contributed by atoms with Gasteiger partial charge in [0.2, 0.25) is 0 Å². The van der Waals surface area contributed by atoms with Gasteiger partial charge in [0.1, 0.15) is 18.2 Å². The number of ether oxygens (including phenoxy) is 2. The Labute approximate surface area is 168 Å². The number of nitrogens with zero attached hydrogens (tertiary/aromatic N) is 1. The fourth-order valence-corrected chi connectivity index (χ4v) is 2.76. The molecule has 0 aliphatic rings. The number of hydrogen-bond acceptors (Lipinski definition) is 3. The lowest BCUT2D eigenvalue weighted by atomic mass is 10.0. The highest BCUT2D eigenvalue weighted by atomic mass is 19.1. The fraction of sp³-hybridized carbons (Fsp3) is 0.125. The van der Waals surface area contributed by atoms with Crippen LogP contribution < -0.4 is 9.47 Å². The molecule has 0 amide bonds. The summed E-state index contributed by atoms with van der Waals surface area (Å²) in [6, 6.07) is 19.5. The standard InChI is InChI=1S/C24H19F2NO2/c1-2-28-24-14-18(13-19(15-27)21-5-3-4-6-22(21)26)9-12-23(24)29-16-17-7-10-20(25)11-8-17/h3-14H,2,16H2,1H3. The van der Waals surface area contributed by atoms with Crippen molar-refractivity contribution < 1.29 is 18.3 Å². The van der Waals surface area contributed by atoms with E-state index in [0.717, 1.165) is 5.56 Å². The van der Waals surface area contributed by atoms with Gasteiger partial charge in [-0.2, -0.15) is 5.26 Å². The molecule has 0 saturated heterocycles. The largest absolute Gasteiger partial charge is 0.490 e. The Hall–Kier alpha value is -3.65. The van der Waals surface area contributed by atoms with E-state index >= 15 is 0 Å². The summed E-state index contributed by atoms with van der Waals surface area (Å²) < 4.78 is 38.5. The van der Waals surface area contributed by atoms with E-state index in [4.69, 9.17) is 9.47 Å². The van der Waals surface area contributed by atoms with E-state index in [2.05, 4.69) is 0 Å². The van der Waals surface area contributed by atoms with Gasteiger partial charge in [-0.05, 0) is 54.5 Å². The molecule has 0 unspecified atom stereocenters. The third-order valence-electron chi connectivity index (χ3n) is 4.17. The molecule has 146 valence electrons. The lowest BCUT2D eigenvalue weighted by molar-refractivity contribution is 0.269. The van der Waals surface area contributed by atoms with Crippen LogP contribution in [-0.2, 0) is 6.61 Å². The monoisotopic (exact) mass is 391 g/mol. The van der Waals surface area contributed by atoms with E-state index in [0.29, 0.717) is 23.7 Å². The van der Waals surface area contributed by atoms with Crippen LogP contribution in [0, 0.1) is 23.0 Å². The van der Waals surface area contributed by atoms with Crippen molar-refractivity contribution in [3.8, 4) is 17.6 Å². The Kier molecular flexibility index (Phi) is 6.59. The first-order chi connectivity index (χ1) is 14.1. The molecule has 3 rings (SSSR count). The Morgan fingerprint density at radius 1 is 0.966 bits per heavy atom. The molecule has 0 aliphatic carbocycles. The summed E-state index contributed by atoms with van der Waals surface area (Å²) in [5.41, 5.74) is 1.96. The van der Waals surface area contributed by atoms with Crippen LogP contribution in [0.4, 0.5) is 8.78 Å². The Bertz CT molecular complexity index is 1050. The molecular formula is C24H19F2NO2. The molecule has 0 atom stereocenters. The first kappa shape index (κ1) is 20.1. The van der Waals surface area contributed by atoms with Crippen molar-refractivity contribution in [3.05, 3.63) is 95.1 Å². The van der Waals surface area contributed by atoms with Gasteiger partial charge in [-0.15, -0.1) is 0 Å². The maximum atomic E-state index is 14.0. The molecule has 3 aromatic carbocycles. The molecule has 3 nitrogen and oxygen atoms in total. The van der Waals surface area contributed by atoms with E-state index in [-0.39, 0.29) is 23.6 Å². The molecule has 0 fully saturated rings. The first-order valence-corrected chi connectivity index (χ1v) is 9.11. The lowest BCUT2D eigenvalue weighted by Gasteiger charge is -2.13. The van der Waals surface area contributed by atoms with Crippen LogP contribution in [-0.4, -0.2) is 6.61 Å². The fourth-order valence-electron chi connectivity index (χ4n) is 2.76. The molecule has 0 spiro atoms. The van der Waals surface area contributed by atoms with Gasteiger partial charge in [0.25, 0.3) is 0 Å². The molecule has 0 N–H and O–H groups in total. The minimum Gasteiger partial charge on any atom is -0.490 e. The summed E-state index contributed by atoms with van der Waals surface area (Å²) in [7, 11) is 0. The van der Waals surface area contributed by atoms with E-state index in [9.17, 15) is 14.0 Å². The maximum absolute atomic E-state index is 14.0. The van der Waals surface area contributed by atoms with Crippen molar-refractivity contribution in [3.63, 3.8) is 0 Å². The highest BCUT2D eigenvalue weighted by Gasteiger charge is 2.10. The summed E-state index contributed by atoms with van der Waals surface area (Å²) in [4.78, 5) is 0. The molecule has 0 heterocycles. The van der Waals surface area contributed by atoms with Gasteiger partial charge in [0.05, 0.1) is 18.2 Å². The predicted molar refractivity (Wildman–Crippen MR) is 108 cm³/mol. The molecule has 29 heavy (non-hydrogen) atoms. The Morgan fingerprint density at radius 2 is 1.72 bits per heavy atom. The van der Waals surface area contributed by atoms with Gasteiger partial charge in [-0.3, -0.25) is 0 Å². The van der Waals surface area contributed by atoms with E-state index in [1.807, 2.05) is 13.0 Å². The van der Waals surface area contributed by atoms with E-state index in [1.165, 1.54) is 18.2 Å². The number of halogens is 2. The van der Waals surface area contributed by atoms with Crippen molar-refractivity contribution in [2.24, 2.45) is 0 Å². The summed E-state index contributed by atoms with van der Waals surface area (Å²) in [6.07, 6.45) is 1.60. The quantitative estimate of drug-likeness (QED) is 0.366. The number of rotatable bonds is 7. The van der Waals surface area contributed by atoms with Crippen molar-refractivity contribution >= 4 is 11.6 Å². The molecule has 0 saturated carbocycles. The summed E-state index contributed by atoms with van der Waals surface area (Å²) in [5.74, 6) is 0.277. The van der Waals surface area contributed by atoms with E-state index in [1.54, 1.807) is 54.6 Å². The molecule has 0 aromatic heterocycles. The second-order valence-corrected chi connectivity index (χ2v) is 6.20. The minimum atomic E-state index is -0.454. The average molecular weight is 391 g/mol. The summed E-state index contributed by atoms with van der Waals surface area (Å²) in [6.45, 7) is 2.54. The van der Waals surface area contributed by atoms with Crippen LogP contribution >= 0.6 is 0 Å². The molecule has 0 bridgehead atoms. The van der Waals surface area contributed by atoms with Crippen LogP contribution in [0.25, 0.3) is 11.6 Å². The van der Waals surface area contributed by atoms with Crippen molar-refractivity contribution in [2.75, 3.05) is 6.61 Å². The van der Waals surface area contributed by atoms with Crippen LogP contribution in [0.3, 0.4) is 0 Å². The smallest absolute Gasteiger partial charge is 0.161 e. The number of hydrogen-bond donors (Lipinski definition) is 0. The number of benzene rings is 3.